The summed E-state index contributed by atoms with van der Waals surface area (Å²) in [6, 6.07) is 13.6. The van der Waals surface area contributed by atoms with E-state index in [2.05, 4.69) is 32.2 Å². The molecule has 0 radical (unpaired) electrons. The predicted molar refractivity (Wildman–Crippen MR) is 94.2 cm³/mol. The van der Waals surface area contributed by atoms with E-state index < -0.39 is 5.92 Å². The number of fused-ring (bicyclic) bond motifs is 1. The van der Waals surface area contributed by atoms with Gasteiger partial charge in [-0.2, -0.15) is 15.5 Å². The Morgan fingerprint density at radius 1 is 1.08 bits per heavy atom. The van der Waals surface area contributed by atoms with Gasteiger partial charge >= 0.3 is 0 Å². The first-order chi connectivity index (χ1) is 11.7. The lowest BCUT2D eigenvalue weighted by molar-refractivity contribution is 0.355. The molecule has 0 spiro atoms. The van der Waals surface area contributed by atoms with Crippen molar-refractivity contribution in [2.75, 3.05) is 14.2 Å². The third-order valence-electron chi connectivity index (χ3n) is 3.82. The van der Waals surface area contributed by atoms with Crippen LogP contribution in [0.4, 0.5) is 0 Å². The Labute approximate surface area is 148 Å². The van der Waals surface area contributed by atoms with Crippen LogP contribution >= 0.6 is 15.9 Å². The van der Waals surface area contributed by atoms with Gasteiger partial charge in [0.05, 0.1) is 37.9 Å². The fourth-order valence-electron chi connectivity index (χ4n) is 2.61. The van der Waals surface area contributed by atoms with Crippen molar-refractivity contribution in [2.45, 2.75) is 5.92 Å². The van der Waals surface area contributed by atoms with Gasteiger partial charge in [0, 0.05) is 21.5 Å². The summed E-state index contributed by atoms with van der Waals surface area (Å²) in [6.45, 7) is 0. The minimum absolute atomic E-state index is 0.450. The van der Waals surface area contributed by atoms with Crippen LogP contribution in [0.3, 0.4) is 0 Å². The molecule has 24 heavy (non-hydrogen) atoms. The summed E-state index contributed by atoms with van der Waals surface area (Å²) in [6.07, 6.45) is 1.63. The normalized spacial score (nSPS) is 11.8. The van der Waals surface area contributed by atoms with Crippen LogP contribution in [-0.4, -0.2) is 24.4 Å². The van der Waals surface area contributed by atoms with Crippen molar-refractivity contribution >= 4 is 26.8 Å². The van der Waals surface area contributed by atoms with E-state index in [0.29, 0.717) is 17.0 Å². The minimum Gasteiger partial charge on any atom is -0.493 e. The van der Waals surface area contributed by atoms with E-state index in [4.69, 9.17) is 9.47 Å². The Morgan fingerprint density at radius 3 is 2.38 bits per heavy atom. The molecule has 5 nitrogen and oxygen atoms in total. The number of methoxy groups -OCH3 is 2. The Bertz CT molecular complexity index is 920. The van der Waals surface area contributed by atoms with Crippen molar-refractivity contribution in [3.05, 3.63) is 58.2 Å². The molecular formula is C18H14BrN3O2. The number of hydrogen-bond donors (Lipinski definition) is 0. The molecule has 120 valence electrons. The molecule has 0 aliphatic heterocycles. The molecule has 0 aliphatic carbocycles. The second kappa shape index (κ2) is 6.85. The third-order valence-corrected chi connectivity index (χ3v) is 4.35. The van der Waals surface area contributed by atoms with Crippen molar-refractivity contribution in [3.63, 3.8) is 0 Å². The molecule has 1 aromatic heterocycles. The maximum atomic E-state index is 9.72. The summed E-state index contributed by atoms with van der Waals surface area (Å²) >= 11 is 3.41. The number of nitriles is 1. The van der Waals surface area contributed by atoms with Crippen LogP contribution in [0, 0.1) is 11.3 Å². The Kier molecular flexibility index (Phi) is 4.63. The first kappa shape index (κ1) is 16.2. The van der Waals surface area contributed by atoms with E-state index in [0.717, 1.165) is 21.0 Å². The zero-order chi connectivity index (χ0) is 17.1. The number of hydrogen-bond acceptors (Lipinski definition) is 5. The lowest BCUT2D eigenvalue weighted by Crippen LogP contribution is -2.02. The highest BCUT2D eigenvalue weighted by Crippen LogP contribution is 2.36. The van der Waals surface area contributed by atoms with Crippen LogP contribution in [0.25, 0.3) is 10.9 Å². The molecule has 1 unspecified atom stereocenters. The van der Waals surface area contributed by atoms with E-state index >= 15 is 0 Å². The molecular weight excluding hydrogens is 370 g/mol. The molecule has 0 fully saturated rings. The van der Waals surface area contributed by atoms with Crippen LogP contribution in [0.15, 0.2) is 47.1 Å². The molecule has 1 atom stereocenters. The topological polar surface area (TPSA) is 68.0 Å². The van der Waals surface area contributed by atoms with Crippen LogP contribution in [-0.2, 0) is 0 Å². The van der Waals surface area contributed by atoms with Gasteiger partial charge in [-0.25, -0.2) is 0 Å². The number of aromatic nitrogens is 2. The lowest BCUT2D eigenvalue weighted by Gasteiger charge is -2.14. The minimum atomic E-state index is -0.450. The zero-order valence-electron chi connectivity index (χ0n) is 13.2. The molecule has 6 heteroatoms. The zero-order valence-corrected chi connectivity index (χ0v) is 14.7. The van der Waals surface area contributed by atoms with Crippen LogP contribution in [0.5, 0.6) is 11.5 Å². The number of benzene rings is 2. The summed E-state index contributed by atoms with van der Waals surface area (Å²) < 4.78 is 11.6. The van der Waals surface area contributed by atoms with Crippen LogP contribution < -0.4 is 9.47 Å². The molecule has 0 saturated heterocycles. The average molecular weight is 384 g/mol. The number of halogens is 1. The van der Waals surface area contributed by atoms with Crippen molar-refractivity contribution in [2.24, 2.45) is 0 Å². The average Bonchev–Trinajstić information content (AvgIpc) is 2.62. The van der Waals surface area contributed by atoms with Crippen molar-refractivity contribution in [1.82, 2.24) is 10.2 Å². The van der Waals surface area contributed by atoms with Gasteiger partial charge in [-0.1, -0.05) is 28.1 Å². The fraction of sp³-hybridized carbons (Fsp3) is 0.167. The molecule has 0 N–H and O–H groups in total. The van der Waals surface area contributed by atoms with Gasteiger partial charge in [0.15, 0.2) is 11.5 Å². The lowest BCUT2D eigenvalue weighted by atomic mass is 9.91. The SMILES string of the molecule is COc1cc2nncc(C(C#N)c3ccc(Br)cc3)c2cc1OC. The third kappa shape index (κ3) is 2.91. The molecule has 0 amide bonds. The molecule has 0 saturated carbocycles. The maximum Gasteiger partial charge on any atom is 0.162 e. The molecule has 3 rings (SSSR count). The summed E-state index contributed by atoms with van der Waals surface area (Å²) in [5, 5.41) is 18.7. The van der Waals surface area contributed by atoms with Gasteiger partial charge in [0.25, 0.3) is 0 Å². The quantitative estimate of drug-likeness (QED) is 0.679. The highest BCUT2D eigenvalue weighted by molar-refractivity contribution is 9.10. The molecule has 1 heterocycles. The summed E-state index contributed by atoms with van der Waals surface area (Å²) in [5.41, 5.74) is 2.33. The standard InChI is InChI=1S/C18H14BrN3O2/c1-23-17-7-13-15(10-21-22-16(13)8-18(17)24-2)14(9-20)11-3-5-12(19)6-4-11/h3-8,10,14H,1-2H3. The summed E-state index contributed by atoms with van der Waals surface area (Å²) in [4.78, 5) is 0. The first-order valence-corrected chi connectivity index (χ1v) is 7.99. The predicted octanol–water partition coefficient (Wildman–Crippen LogP) is 4.06. The number of rotatable bonds is 4. The first-order valence-electron chi connectivity index (χ1n) is 7.20. The fourth-order valence-corrected chi connectivity index (χ4v) is 2.88. The molecule has 3 aromatic rings. The number of nitrogens with zero attached hydrogens (tertiary/aromatic N) is 3. The second-order valence-corrected chi connectivity index (χ2v) is 6.05. The van der Waals surface area contributed by atoms with Gasteiger partial charge < -0.3 is 9.47 Å². The van der Waals surface area contributed by atoms with E-state index in [1.165, 1.54) is 0 Å². The largest absolute Gasteiger partial charge is 0.493 e. The van der Waals surface area contributed by atoms with Crippen molar-refractivity contribution in [3.8, 4) is 17.6 Å². The van der Waals surface area contributed by atoms with Crippen LogP contribution in [0.1, 0.15) is 17.0 Å². The van der Waals surface area contributed by atoms with E-state index in [1.807, 2.05) is 30.3 Å². The van der Waals surface area contributed by atoms with E-state index in [-0.39, 0.29) is 0 Å². The molecule has 0 aliphatic rings. The summed E-state index contributed by atoms with van der Waals surface area (Å²) in [5.74, 6) is 0.717. The van der Waals surface area contributed by atoms with Gasteiger partial charge in [-0.3, -0.25) is 0 Å². The van der Waals surface area contributed by atoms with Gasteiger partial charge in [-0.05, 0) is 23.8 Å². The monoisotopic (exact) mass is 383 g/mol. The smallest absolute Gasteiger partial charge is 0.162 e. The number of ether oxygens (including phenoxy) is 2. The van der Waals surface area contributed by atoms with Gasteiger partial charge in [0.1, 0.15) is 0 Å². The van der Waals surface area contributed by atoms with E-state index in [1.54, 1.807) is 26.5 Å². The van der Waals surface area contributed by atoms with Gasteiger partial charge in [0.2, 0.25) is 0 Å². The Hall–Kier alpha value is -2.65. The van der Waals surface area contributed by atoms with Crippen molar-refractivity contribution in [1.29, 1.82) is 5.26 Å². The highest BCUT2D eigenvalue weighted by Gasteiger charge is 2.19. The Morgan fingerprint density at radius 2 is 1.75 bits per heavy atom. The summed E-state index contributed by atoms with van der Waals surface area (Å²) in [7, 11) is 3.15. The van der Waals surface area contributed by atoms with Crippen LogP contribution in [0.2, 0.25) is 0 Å². The van der Waals surface area contributed by atoms with Crippen molar-refractivity contribution < 1.29 is 9.47 Å². The Balaban J connectivity index is 2.21. The maximum absolute atomic E-state index is 9.72. The van der Waals surface area contributed by atoms with Gasteiger partial charge in [-0.15, -0.1) is 0 Å². The molecule has 0 bridgehead atoms. The molecule has 2 aromatic carbocycles. The second-order valence-electron chi connectivity index (χ2n) is 5.14. The van der Waals surface area contributed by atoms with E-state index in [9.17, 15) is 5.26 Å². The highest BCUT2D eigenvalue weighted by atomic mass is 79.9.